The Hall–Kier alpha value is -2.86. The lowest BCUT2D eigenvalue weighted by molar-refractivity contribution is -0.145. The second-order valence-corrected chi connectivity index (χ2v) is 5.82. The highest BCUT2D eigenvalue weighted by molar-refractivity contribution is 5.97. The molecule has 1 amide bonds. The summed E-state index contributed by atoms with van der Waals surface area (Å²) in [6, 6.07) is 16.2. The SMILES string of the molecule is COCC(C)(NC(=O)c1ccc(COc2ccccc2)cc1)C(=O)O. The first-order chi connectivity index (χ1) is 11.9. The lowest BCUT2D eigenvalue weighted by Gasteiger charge is -2.25. The van der Waals surface area contributed by atoms with Crippen LogP contribution in [0.3, 0.4) is 0 Å². The molecule has 0 aromatic heterocycles. The maximum Gasteiger partial charge on any atom is 0.331 e. The first kappa shape index (κ1) is 18.5. The van der Waals surface area contributed by atoms with Gasteiger partial charge in [-0.3, -0.25) is 4.79 Å². The van der Waals surface area contributed by atoms with Crippen LogP contribution in [0, 0.1) is 0 Å². The summed E-state index contributed by atoms with van der Waals surface area (Å²) in [6.45, 7) is 1.65. The van der Waals surface area contributed by atoms with Crippen molar-refractivity contribution >= 4 is 11.9 Å². The molecule has 1 atom stereocenters. The highest BCUT2D eigenvalue weighted by Crippen LogP contribution is 2.13. The molecule has 1 unspecified atom stereocenters. The molecule has 6 nitrogen and oxygen atoms in total. The molecule has 6 heteroatoms. The molecule has 25 heavy (non-hydrogen) atoms. The number of methoxy groups -OCH3 is 1. The highest BCUT2D eigenvalue weighted by Gasteiger charge is 2.35. The molecule has 0 fully saturated rings. The fourth-order valence-electron chi connectivity index (χ4n) is 2.20. The number of carboxylic acid groups (broad SMARTS) is 1. The molecule has 0 saturated carbocycles. The van der Waals surface area contributed by atoms with Gasteiger partial charge in [0.1, 0.15) is 12.4 Å². The maximum atomic E-state index is 12.3. The second kappa shape index (κ2) is 8.30. The summed E-state index contributed by atoms with van der Waals surface area (Å²) in [5, 5.41) is 11.8. The number of benzene rings is 2. The van der Waals surface area contributed by atoms with Crippen molar-refractivity contribution in [3.8, 4) is 5.75 Å². The average Bonchev–Trinajstić information content (AvgIpc) is 2.61. The van der Waals surface area contributed by atoms with Crippen molar-refractivity contribution in [2.24, 2.45) is 0 Å². The standard InChI is InChI=1S/C19H21NO5/c1-19(13-24-2,18(22)23)20-17(21)15-10-8-14(9-11-15)12-25-16-6-4-3-5-7-16/h3-11H,12-13H2,1-2H3,(H,20,21)(H,22,23). The molecule has 132 valence electrons. The smallest absolute Gasteiger partial charge is 0.331 e. The van der Waals surface area contributed by atoms with Crippen molar-refractivity contribution in [3.63, 3.8) is 0 Å². The fourth-order valence-corrected chi connectivity index (χ4v) is 2.20. The summed E-state index contributed by atoms with van der Waals surface area (Å²) in [5.74, 6) is -0.867. The maximum absolute atomic E-state index is 12.3. The van der Waals surface area contributed by atoms with Gasteiger partial charge in [0.15, 0.2) is 5.54 Å². The molecule has 0 aliphatic carbocycles. The van der Waals surface area contributed by atoms with Crippen LogP contribution in [0.4, 0.5) is 0 Å². The summed E-state index contributed by atoms with van der Waals surface area (Å²) in [7, 11) is 1.38. The lowest BCUT2D eigenvalue weighted by Crippen LogP contribution is -2.55. The number of hydrogen-bond donors (Lipinski definition) is 2. The number of carbonyl (C=O) groups excluding carboxylic acids is 1. The van der Waals surface area contributed by atoms with Gasteiger partial charge < -0.3 is 19.9 Å². The number of para-hydroxylation sites is 1. The van der Waals surface area contributed by atoms with Crippen LogP contribution in [0.15, 0.2) is 54.6 Å². The Bertz CT molecular complexity index is 714. The van der Waals surface area contributed by atoms with Gasteiger partial charge in [0.2, 0.25) is 0 Å². The summed E-state index contributed by atoms with van der Waals surface area (Å²) in [5.41, 5.74) is -0.216. The number of rotatable bonds is 8. The van der Waals surface area contributed by atoms with Crippen LogP contribution >= 0.6 is 0 Å². The minimum atomic E-state index is -1.49. The third-order valence-corrected chi connectivity index (χ3v) is 3.66. The zero-order chi connectivity index (χ0) is 18.3. The molecule has 0 saturated heterocycles. The van der Waals surface area contributed by atoms with Gasteiger partial charge in [-0.25, -0.2) is 4.79 Å². The van der Waals surface area contributed by atoms with Crippen molar-refractivity contribution in [1.82, 2.24) is 5.32 Å². The summed E-state index contributed by atoms with van der Waals surface area (Å²) in [4.78, 5) is 23.6. The number of amides is 1. The van der Waals surface area contributed by atoms with E-state index in [1.165, 1.54) is 14.0 Å². The number of hydrogen-bond acceptors (Lipinski definition) is 4. The van der Waals surface area contributed by atoms with Gasteiger partial charge in [-0.15, -0.1) is 0 Å². The normalized spacial score (nSPS) is 12.9. The van der Waals surface area contributed by atoms with E-state index in [1.54, 1.807) is 24.3 Å². The Kier molecular flexibility index (Phi) is 6.14. The number of nitrogens with one attached hydrogen (secondary N) is 1. The van der Waals surface area contributed by atoms with E-state index in [4.69, 9.17) is 9.47 Å². The lowest BCUT2D eigenvalue weighted by atomic mass is 10.0. The van der Waals surface area contributed by atoms with E-state index in [0.717, 1.165) is 11.3 Å². The number of aliphatic carboxylic acids is 1. The average molecular weight is 343 g/mol. The van der Waals surface area contributed by atoms with Crippen LogP contribution in [0.1, 0.15) is 22.8 Å². The molecule has 2 N–H and O–H groups in total. The summed E-state index contributed by atoms with van der Waals surface area (Å²) >= 11 is 0. The fraction of sp³-hybridized carbons (Fsp3) is 0.263. The Balaban J connectivity index is 1.99. The third kappa shape index (κ3) is 5.06. The number of ether oxygens (including phenoxy) is 2. The Morgan fingerprint density at radius 2 is 1.72 bits per heavy atom. The zero-order valence-corrected chi connectivity index (χ0v) is 14.2. The summed E-state index contributed by atoms with van der Waals surface area (Å²) in [6.07, 6.45) is 0. The van der Waals surface area contributed by atoms with Crippen molar-refractivity contribution in [2.75, 3.05) is 13.7 Å². The molecule has 0 radical (unpaired) electrons. The van der Waals surface area contributed by atoms with Crippen molar-refractivity contribution in [1.29, 1.82) is 0 Å². The van der Waals surface area contributed by atoms with E-state index in [0.29, 0.717) is 12.2 Å². The van der Waals surface area contributed by atoms with Crippen LogP contribution in [0.5, 0.6) is 5.75 Å². The molecule has 2 rings (SSSR count). The van der Waals surface area contributed by atoms with Crippen molar-refractivity contribution < 1.29 is 24.2 Å². The van der Waals surface area contributed by atoms with Crippen LogP contribution in [-0.2, 0) is 16.1 Å². The quantitative estimate of drug-likeness (QED) is 0.769. The Labute approximate surface area is 146 Å². The first-order valence-corrected chi connectivity index (χ1v) is 7.76. The van der Waals surface area contributed by atoms with E-state index < -0.39 is 17.4 Å². The van der Waals surface area contributed by atoms with Gasteiger partial charge in [-0.2, -0.15) is 0 Å². The predicted molar refractivity (Wildman–Crippen MR) is 92.6 cm³/mol. The monoisotopic (exact) mass is 343 g/mol. The van der Waals surface area contributed by atoms with E-state index in [9.17, 15) is 14.7 Å². The number of carbonyl (C=O) groups is 2. The first-order valence-electron chi connectivity index (χ1n) is 7.76. The molecular formula is C19H21NO5. The Morgan fingerprint density at radius 1 is 1.08 bits per heavy atom. The van der Waals surface area contributed by atoms with Crippen LogP contribution < -0.4 is 10.1 Å². The summed E-state index contributed by atoms with van der Waals surface area (Å²) < 4.78 is 10.5. The minimum absolute atomic E-state index is 0.128. The topological polar surface area (TPSA) is 84.9 Å². The van der Waals surface area contributed by atoms with Crippen molar-refractivity contribution in [2.45, 2.75) is 19.1 Å². The molecular weight excluding hydrogens is 322 g/mol. The van der Waals surface area contributed by atoms with Crippen molar-refractivity contribution in [3.05, 3.63) is 65.7 Å². The largest absolute Gasteiger partial charge is 0.489 e. The second-order valence-electron chi connectivity index (χ2n) is 5.82. The van der Waals surface area contributed by atoms with E-state index in [2.05, 4.69) is 5.32 Å². The molecule has 0 bridgehead atoms. The molecule has 0 heterocycles. The van der Waals surface area contributed by atoms with E-state index in [1.807, 2.05) is 30.3 Å². The van der Waals surface area contributed by atoms with Gasteiger partial charge in [0, 0.05) is 12.7 Å². The van der Waals surface area contributed by atoms with Gasteiger partial charge >= 0.3 is 5.97 Å². The molecule has 2 aromatic carbocycles. The molecule has 0 aliphatic rings. The third-order valence-electron chi connectivity index (χ3n) is 3.66. The predicted octanol–water partition coefficient (Wildman–Crippen LogP) is 2.49. The highest BCUT2D eigenvalue weighted by atomic mass is 16.5. The van der Waals surface area contributed by atoms with E-state index >= 15 is 0 Å². The van der Waals surface area contributed by atoms with E-state index in [-0.39, 0.29) is 6.61 Å². The number of carboxylic acids is 1. The molecule has 0 aliphatic heterocycles. The van der Waals surface area contributed by atoms with Crippen LogP contribution in [0.2, 0.25) is 0 Å². The van der Waals surface area contributed by atoms with Gasteiger partial charge in [0.05, 0.1) is 6.61 Å². The van der Waals surface area contributed by atoms with Crippen LogP contribution in [0.25, 0.3) is 0 Å². The van der Waals surface area contributed by atoms with Gasteiger partial charge in [0.25, 0.3) is 5.91 Å². The molecule has 2 aromatic rings. The van der Waals surface area contributed by atoms with Gasteiger partial charge in [-0.05, 0) is 36.8 Å². The molecule has 0 spiro atoms. The Morgan fingerprint density at radius 3 is 2.28 bits per heavy atom. The minimum Gasteiger partial charge on any atom is -0.489 e. The van der Waals surface area contributed by atoms with Crippen LogP contribution in [-0.4, -0.2) is 36.2 Å². The zero-order valence-electron chi connectivity index (χ0n) is 14.2. The van der Waals surface area contributed by atoms with Gasteiger partial charge in [-0.1, -0.05) is 30.3 Å².